The van der Waals surface area contributed by atoms with Crippen LogP contribution in [0.1, 0.15) is 33.9 Å². The highest BCUT2D eigenvalue weighted by Gasteiger charge is 2.36. The number of likely N-dealkylation sites (N-methyl/N-ethyl adjacent to an activating group) is 1. The predicted octanol–water partition coefficient (Wildman–Crippen LogP) is 1.78. The third-order valence-corrected chi connectivity index (χ3v) is 6.62. The van der Waals surface area contributed by atoms with Crippen LogP contribution in [0.25, 0.3) is 5.69 Å². The molecular formula is C25H25N3O8. The highest BCUT2D eigenvalue weighted by atomic mass is 16.7. The molecule has 0 amide bonds. The molecule has 2 aliphatic rings. The Hall–Kier alpha value is -4.25. The van der Waals surface area contributed by atoms with E-state index in [-0.39, 0.29) is 24.7 Å². The van der Waals surface area contributed by atoms with E-state index >= 15 is 0 Å². The van der Waals surface area contributed by atoms with E-state index in [0.717, 1.165) is 15.7 Å². The number of hydrogen-bond donors (Lipinski definition) is 2. The zero-order chi connectivity index (χ0) is 25.6. The number of ketones is 1. The van der Waals surface area contributed by atoms with Crippen LogP contribution in [0.4, 0.5) is 0 Å². The number of aromatic nitrogens is 2. The van der Waals surface area contributed by atoms with Gasteiger partial charge in [0.05, 0.1) is 19.9 Å². The maximum Gasteiger partial charge on any atom is 0.335 e. The normalized spacial score (nSPS) is 16.5. The number of ether oxygens (including phenoxy) is 4. The molecule has 36 heavy (non-hydrogen) atoms. The van der Waals surface area contributed by atoms with Crippen molar-refractivity contribution in [3.63, 3.8) is 0 Å². The van der Waals surface area contributed by atoms with Crippen molar-refractivity contribution in [2.24, 2.45) is 0 Å². The molecule has 5 rings (SSSR count). The first-order valence-electron chi connectivity index (χ1n) is 11.3. The molecule has 3 heterocycles. The van der Waals surface area contributed by atoms with Crippen LogP contribution in [-0.4, -0.2) is 59.9 Å². The molecule has 0 saturated heterocycles. The van der Waals surface area contributed by atoms with E-state index in [1.165, 1.54) is 20.3 Å². The number of carbonyl (C=O) groups excluding carboxylic acids is 1. The van der Waals surface area contributed by atoms with E-state index in [2.05, 4.69) is 4.98 Å². The van der Waals surface area contributed by atoms with Crippen molar-refractivity contribution >= 4 is 5.78 Å². The highest BCUT2D eigenvalue weighted by molar-refractivity contribution is 5.98. The van der Waals surface area contributed by atoms with Gasteiger partial charge in [-0.15, -0.1) is 0 Å². The minimum atomic E-state index is -0.968. The van der Waals surface area contributed by atoms with E-state index in [1.807, 2.05) is 18.0 Å². The second-order valence-electron chi connectivity index (χ2n) is 8.56. The van der Waals surface area contributed by atoms with Crippen molar-refractivity contribution in [2.75, 3.05) is 34.6 Å². The number of Topliss-reactive ketones (excluding diaryl/α,β-unsaturated/α-hetero) is 1. The molecule has 0 spiro atoms. The number of H-pyrrole nitrogens is 1. The van der Waals surface area contributed by atoms with Crippen LogP contribution >= 0.6 is 0 Å². The van der Waals surface area contributed by atoms with Gasteiger partial charge in [-0.25, -0.2) is 9.36 Å². The largest absolute Gasteiger partial charge is 0.495 e. The lowest BCUT2D eigenvalue weighted by Crippen LogP contribution is -2.36. The van der Waals surface area contributed by atoms with Crippen molar-refractivity contribution in [1.29, 1.82) is 0 Å². The maximum atomic E-state index is 13.5. The summed E-state index contributed by atoms with van der Waals surface area (Å²) in [4.78, 5) is 43.0. The Morgan fingerprint density at radius 3 is 2.72 bits per heavy atom. The average molecular weight is 495 g/mol. The molecule has 0 bridgehead atoms. The Bertz CT molecular complexity index is 1480. The summed E-state index contributed by atoms with van der Waals surface area (Å²) < 4.78 is 22.9. The van der Waals surface area contributed by atoms with Crippen molar-refractivity contribution in [3.05, 3.63) is 67.9 Å². The number of hydrogen-bond acceptors (Lipinski definition) is 9. The summed E-state index contributed by atoms with van der Waals surface area (Å²) in [5.41, 5.74) is -0.483. The van der Waals surface area contributed by atoms with Crippen LogP contribution < -0.4 is 30.2 Å². The van der Waals surface area contributed by atoms with Gasteiger partial charge >= 0.3 is 5.69 Å². The van der Waals surface area contributed by atoms with E-state index in [9.17, 15) is 19.5 Å². The SMILES string of the molecule is COc1ccccc1-n1c(O)c(C(=O)C[C@H]2c3c(cc4c(c3OC)OCO4)CCN2C)c(=O)[nH]c1=O. The fraction of sp³-hybridized carbons (Fsp3) is 0.320. The van der Waals surface area contributed by atoms with E-state index in [1.54, 1.807) is 18.2 Å². The van der Waals surface area contributed by atoms with Crippen LogP contribution in [-0.2, 0) is 6.42 Å². The zero-order valence-corrected chi connectivity index (χ0v) is 20.0. The molecule has 0 saturated carbocycles. The van der Waals surface area contributed by atoms with Gasteiger partial charge in [0.15, 0.2) is 17.3 Å². The number of aromatic hydroxyl groups is 1. The van der Waals surface area contributed by atoms with Gasteiger partial charge < -0.3 is 24.1 Å². The lowest BCUT2D eigenvalue weighted by Gasteiger charge is -2.35. The van der Waals surface area contributed by atoms with Crippen molar-refractivity contribution < 1.29 is 28.8 Å². The summed E-state index contributed by atoms with van der Waals surface area (Å²) in [6, 6.07) is 7.87. The van der Waals surface area contributed by atoms with Gasteiger partial charge in [-0.05, 0) is 37.2 Å². The lowest BCUT2D eigenvalue weighted by atomic mass is 9.87. The maximum absolute atomic E-state index is 13.5. The first-order valence-corrected chi connectivity index (χ1v) is 11.3. The van der Waals surface area contributed by atoms with Crippen LogP contribution in [0.15, 0.2) is 39.9 Å². The second kappa shape index (κ2) is 9.08. The van der Waals surface area contributed by atoms with Gasteiger partial charge in [-0.3, -0.25) is 19.5 Å². The quantitative estimate of drug-likeness (QED) is 0.491. The summed E-state index contributed by atoms with van der Waals surface area (Å²) in [6.45, 7) is 0.721. The summed E-state index contributed by atoms with van der Waals surface area (Å²) in [5.74, 6) is 0.410. The molecule has 11 nitrogen and oxygen atoms in total. The number of rotatable bonds is 6. The highest BCUT2D eigenvalue weighted by Crippen LogP contribution is 2.50. The molecule has 1 aromatic heterocycles. The first kappa shape index (κ1) is 23.5. The Morgan fingerprint density at radius 1 is 1.19 bits per heavy atom. The van der Waals surface area contributed by atoms with Gasteiger partial charge in [-0.2, -0.15) is 0 Å². The van der Waals surface area contributed by atoms with Crippen LogP contribution in [0, 0.1) is 0 Å². The third-order valence-electron chi connectivity index (χ3n) is 6.62. The molecule has 188 valence electrons. The number of aromatic amines is 1. The number of nitrogens with zero attached hydrogens (tertiary/aromatic N) is 2. The molecule has 1 atom stereocenters. The number of para-hydroxylation sites is 2. The van der Waals surface area contributed by atoms with Crippen molar-refractivity contribution in [3.8, 4) is 34.6 Å². The average Bonchev–Trinajstić information content (AvgIpc) is 3.33. The van der Waals surface area contributed by atoms with Gasteiger partial charge in [0.25, 0.3) is 5.56 Å². The fourth-order valence-corrected chi connectivity index (χ4v) is 4.88. The van der Waals surface area contributed by atoms with Gasteiger partial charge in [0.2, 0.25) is 18.4 Å². The predicted molar refractivity (Wildman–Crippen MR) is 128 cm³/mol. The Kier molecular flexibility index (Phi) is 5.92. The summed E-state index contributed by atoms with van der Waals surface area (Å²) in [6.07, 6.45) is 0.550. The number of fused-ring (bicyclic) bond motifs is 2. The van der Waals surface area contributed by atoms with E-state index < -0.39 is 34.5 Å². The number of methoxy groups -OCH3 is 2. The summed E-state index contributed by atoms with van der Waals surface area (Å²) in [7, 11) is 4.80. The number of carbonyl (C=O) groups is 1. The van der Waals surface area contributed by atoms with Crippen LogP contribution in [0.3, 0.4) is 0 Å². The summed E-state index contributed by atoms with van der Waals surface area (Å²) in [5, 5.41) is 11.0. The van der Waals surface area contributed by atoms with Gasteiger partial charge in [0.1, 0.15) is 11.3 Å². The third kappa shape index (κ3) is 3.68. The molecular weight excluding hydrogens is 470 g/mol. The molecule has 0 radical (unpaired) electrons. The molecule has 2 N–H and O–H groups in total. The van der Waals surface area contributed by atoms with Gasteiger partial charge in [-0.1, -0.05) is 12.1 Å². The Labute approximate surface area is 205 Å². The Morgan fingerprint density at radius 2 is 1.97 bits per heavy atom. The van der Waals surface area contributed by atoms with Crippen molar-refractivity contribution in [2.45, 2.75) is 18.9 Å². The molecule has 2 aliphatic heterocycles. The molecule has 3 aromatic rings. The molecule has 0 unspecified atom stereocenters. The first-order chi connectivity index (χ1) is 17.3. The Balaban J connectivity index is 1.59. The summed E-state index contributed by atoms with van der Waals surface area (Å²) >= 11 is 0. The fourth-order valence-electron chi connectivity index (χ4n) is 4.88. The van der Waals surface area contributed by atoms with Crippen LogP contribution in [0.5, 0.6) is 28.9 Å². The number of benzene rings is 2. The second-order valence-corrected chi connectivity index (χ2v) is 8.56. The molecule has 0 fully saturated rings. The molecule has 11 heteroatoms. The van der Waals surface area contributed by atoms with E-state index in [4.69, 9.17) is 18.9 Å². The molecule has 0 aliphatic carbocycles. The smallest absolute Gasteiger partial charge is 0.335 e. The minimum absolute atomic E-state index is 0.0712. The standard InChI is InChI=1S/C25H25N3O8/c1-27-9-8-13-10-18-21(36-12-35-18)22(34-3)19(13)15(27)11-16(29)20-23(30)26-25(32)28(24(20)31)14-6-4-5-7-17(14)33-2/h4-7,10,15,31H,8-9,11-12H2,1-3H3,(H,26,30,32)/t15-/m0/s1. The lowest BCUT2D eigenvalue weighted by molar-refractivity contribution is 0.0920. The number of nitrogens with one attached hydrogen (secondary N) is 1. The van der Waals surface area contributed by atoms with E-state index in [0.29, 0.717) is 30.2 Å². The molecule has 2 aromatic carbocycles. The van der Waals surface area contributed by atoms with Crippen molar-refractivity contribution in [1.82, 2.24) is 14.5 Å². The zero-order valence-electron chi connectivity index (χ0n) is 20.0. The van der Waals surface area contributed by atoms with Gasteiger partial charge in [0, 0.05) is 24.6 Å². The van der Waals surface area contributed by atoms with Crippen LogP contribution in [0.2, 0.25) is 0 Å². The minimum Gasteiger partial charge on any atom is -0.495 e. The monoisotopic (exact) mass is 495 g/mol. The topological polar surface area (TPSA) is 132 Å².